The molecule has 3 aromatic carbocycles. The summed E-state index contributed by atoms with van der Waals surface area (Å²) in [7, 11) is -2.20. The van der Waals surface area contributed by atoms with Gasteiger partial charge in [0.25, 0.3) is 15.9 Å². The first-order valence-electron chi connectivity index (χ1n) is 9.77. The smallest absolute Gasteiger partial charge is 0.261 e. The molecule has 168 valence electrons. The zero-order chi connectivity index (χ0) is 23.0. The quantitative estimate of drug-likeness (QED) is 0.465. The molecule has 0 aliphatic carbocycles. The first-order chi connectivity index (χ1) is 15.4. The van der Waals surface area contributed by atoms with Crippen LogP contribution in [0.5, 0.6) is 11.5 Å². The number of halogens is 1. The van der Waals surface area contributed by atoms with E-state index in [-0.39, 0.29) is 28.2 Å². The molecule has 0 unspecified atom stereocenters. The van der Waals surface area contributed by atoms with Crippen molar-refractivity contribution in [1.82, 2.24) is 5.32 Å². The minimum absolute atomic E-state index is 0.0114. The number of benzene rings is 3. The number of hydrogen-bond donors (Lipinski definition) is 2. The molecular weight excluding hydrogens is 452 g/mol. The predicted octanol–water partition coefficient (Wildman–Crippen LogP) is 3.89. The summed E-state index contributed by atoms with van der Waals surface area (Å²) in [6.07, 6.45) is 0.664. The van der Waals surface area contributed by atoms with E-state index in [2.05, 4.69) is 10.0 Å². The average molecular weight is 475 g/mol. The molecule has 32 heavy (non-hydrogen) atoms. The zero-order valence-electron chi connectivity index (χ0n) is 17.4. The summed E-state index contributed by atoms with van der Waals surface area (Å²) in [5.74, 6) is 0.686. The molecular formula is C23H23ClN2O5S. The highest BCUT2D eigenvalue weighted by molar-refractivity contribution is 7.92. The van der Waals surface area contributed by atoms with E-state index < -0.39 is 10.0 Å². The van der Waals surface area contributed by atoms with E-state index in [0.717, 1.165) is 11.3 Å². The zero-order valence-corrected chi connectivity index (χ0v) is 18.9. The van der Waals surface area contributed by atoms with E-state index in [1.54, 1.807) is 37.4 Å². The second-order valence-electron chi connectivity index (χ2n) is 6.80. The molecule has 1 amide bonds. The van der Waals surface area contributed by atoms with Crippen LogP contribution >= 0.6 is 11.6 Å². The van der Waals surface area contributed by atoms with Crippen molar-refractivity contribution in [3.8, 4) is 11.5 Å². The average Bonchev–Trinajstić information content (AvgIpc) is 2.79. The molecule has 0 fully saturated rings. The Morgan fingerprint density at radius 2 is 1.72 bits per heavy atom. The first-order valence-corrected chi connectivity index (χ1v) is 11.6. The van der Waals surface area contributed by atoms with Crippen LogP contribution in [0.2, 0.25) is 5.02 Å². The molecule has 2 N–H and O–H groups in total. The Bertz CT molecular complexity index is 1150. The molecule has 0 saturated carbocycles. The third kappa shape index (κ3) is 6.63. The number of rotatable bonds is 10. The summed E-state index contributed by atoms with van der Waals surface area (Å²) in [4.78, 5) is 12.0. The summed E-state index contributed by atoms with van der Waals surface area (Å²) in [6, 6.07) is 20.2. The lowest BCUT2D eigenvalue weighted by molar-refractivity contribution is -0.123. The molecule has 0 saturated heterocycles. The summed E-state index contributed by atoms with van der Waals surface area (Å²) in [5.41, 5.74) is 1.51. The molecule has 0 aromatic heterocycles. The Morgan fingerprint density at radius 1 is 1.00 bits per heavy atom. The van der Waals surface area contributed by atoms with Gasteiger partial charge in [-0.25, -0.2) is 8.42 Å². The highest BCUT2D eigenvalue weighted by atomic mass is 35.5. The number of carbonyl (C=O) groups is 1. The van der Waals surface area contributed by atoms with Crippen molar-refractivity contribution in [2.24, 2.45) is 0 Å². The van der Waals surface area contributed by atoms with Gasteiger partial charge in [0.1, 0.15) is 11.5 Å². The maximum Gasteiger partial charge on any atom is 0.261 e. The Balaban J connectivity index is 1.50. The number of anilines is 1. The summed E-state index contributed by atoms with van der Waals surface area (Å²) in [6.45, 7) is 0.210. The van der Waals surface area contributed by atoms with E-state index in [9.17, 15) is 13.2 Å². The Morgan fingerprint density at radius 3 is 2.38 bits per heavy atom. The fourth-order valence-electron chi connectivity index (χ4n) is 2.82. The number of hydrogen-bond acceptors (Lipinski definition) is 5. The second kappa shape index (κ2) is 10.9. The van der Waals surface area contributed by atoms with E-state index >= 15 is 0 Å². The van der Waals surface area contributed by atoms with Gasteiger partial charge in [-0.05, 0) is 54.4 Å². The molecule has 0 bridgehead atoms. The van der Waals surface area contributed by atoms with Crippen LogP contribution in [-0.2, 0) is 21.2 Å². The largest absolute Gasteiger partial charge is 0.497 e. The monoisotopic (exact) mass is 474 g/mol. The van der Waals surface area contributed by atoms with E-state index in [0.29, 0.717) is 18.7 Å². The minimum Gasteiger partial charge on any atom is -0.497 e. The van der Waals surface area contributed by atoms with Gasteiger partial charge in [-0.1, -0.05) is 41.9 Å². The van der Waals surface area contributed by atoms with Crippen molar-refractivity contribution in [3.63, 3.8) is 0 Å². The number of sulfonamides is 1. The van der Waals surface area contributed by atoms with Crippen LogP contribution in [-0.4, -0.2) is 34.6 Å². The lowest BCUT2D eigenvalue weighted by Crippen LogP contribution is -2.30. The molecule has 3 aromatic rings. The first kappa shape index (κ1) is 23.4. The van der Waals surface area contributed by atoms with Crippen molar-refractivity contribution < 1.29 is 22.7 Å². The van der Waals surface area contributed by atoms with Gasteiger partial charge >= 0.3 is 0 Å². The summed E-state index contributed by atoms with van der Waals surface area (Å²) in [5, 5.41) is 2.86. The van der Waals surface area contributed by atoms with Gasteiger partial charge in [-0.2, -0.15) is 0 Å². The summed E-state index contributed by atoms with van der Waals surface area (Å²) < 4.78 is 38.1. The van der Waals surface area contributed by atoms with Crippen molar-refractivity contribution in [2.45, 2.75) is 11.3 Å². The van der Waals surface area contributed by atoms with Crippen molar-refractivity contribution in [1.29, 1.82) is 0 Å². The highest BCUT2D eigenvalue weighted by Gasteiger charge is 2.17. The van der Waals surface area contributed by atoms with Crippen molar-refractivity contribution in [2.75, 3.05) is 25.0 Å². The number of amides is 1. The number of ether oxygens (including phenoxy) is 2. The second-order valence-corrected chi connectivity index (χ2v) is 8.89. The number of para-hydroxylation sites is 1. The van der Waals surface area contributed by atoms with Crippen LogP contribution < -0.4 is 19.5 Å². The van der Waals surface area contributed by atoms with Crippen molar-refractivity contribution in [3.05, 3.63) is 83.4 Å². The molecule has 0 aliphatic heterocycles. The molecule has 9 heteroatoms. The van der Waals surface area contributed by atoms with Crippen LogP contribution in [0.25, 0.3) is 0 Å². The van der Waals surface area contributed by atoms with Gasteiger partial charge < -0.3 is 14.8 Å². The predicted molar refractivity (Wildman–Crippen MR) is 124 cm³/mol. The molecule has 0 heterocycles. The maximum atomic E-state index is 12.5. The third-order valence-corrected chi connectivity index (χ3v) is 6.17. The number of methoxy groups -OCH3 is 1. The SMILES string of the molecule is COc1ccc(CCNC(=O)COc2ccc(S(=O)(=O)Nc3ccccc3)cc2Cl)cc1. The lowest BCUT2D eigenvalue weighted by Gasteiger charge is -2.11. The fourth-order valence-corrected chi connectivity index (χ4v) is 4.20. The highest BCUT2D eigenvalue weighted by Crippen LogP contribution is 2.28. The van der Waals surface area contributed by atoms with Gasteiger partial charge in [0.05, 0.1) is 17.0 Å². The molecule has 0 aliphatic rings. The standard InChI is InChI=1S/C23H23ClN2O5S/c1-30-19-9-7-17(8-10-19)13-14-25-23(27)16-31-22-12-11-20(15-21(22)24)32(28,29)26-18-5-3-2-4-6-18/h2-12,15,26H,13-14,16H2,1H3,(H,25,27). The van der Waals surface area contributed by atoms with E-state index in [4.69, 9.17) is 21.1 Å². The Hall–Kier alpha value is -3.23. The van der Waals surface area contributed by atoms with Crippen LogP contribution in [0.4, 0.5) is 5.69 Å². The molecule has 0 radical (unpaired) electrons. The van der Waals surface area contributed by atoms with Crippen LogP contribution in [0.1, 0.15) is 5.56 Å². The minimum atomic E-state index is -3.80. The molecule has 0 spiro atoms. The van der Waals surface area contributed by atoms with E-state index in [1.807, 2.05) is 24.3 Å². The maximum absolute atomic E-state index is 12.5. The topological polar surface area (TPSA) is 93.7 Å². The van der Waals surface area contributed by atoms with Crippen molar-refractivity contribution >= 4 is 33.2 Å². The van der Waals surface area contributed by atoms with E-state index in [1.165, 1.54) is 18.2 Å². The molecule has 7 nitrogen and oxygen atoms in total. The Labute approximate surface area is 192 Å². The molecule has 3 rings (SSSR count). The van der Waals surface area contributed by atoms with Crippen LogP contribution in [0.3, 0.4) is 0 Å². The summed E-state index contributed by atoms with van der Waals surface area (Å²) >= 11 is 6.17. The fraction of sp³-hybridized carbons (Fsp3) is 0.174. The Kier molecular flexibility index (Phi) is 7.97. The van der Waals surface area contributed by atoms with Gasteiger partial charge in [0, 0.05) is 12.2 Å². The van der Waals surface area contributed by atoms with Crippen LogP contribution in [0.15, 0.2) is 77.7 Å². The van der Waals surface area contributed by atoms with Crippen LogP contribution in [0, 0.1) is 0 Å². The van der Waals surface area contributed by atoms with Gasteiger partial charge in [-0.15, -0.1) is 0 Å². The normalized spacial score (nSPS) is 10.9. The lowest BCUT2D eigenvalue weighted by atomic mass is 10.1. The molecule has 0 atom stereocenters. The number of carbonyl (C=O) groups excluding carboxylic acids is 1. The van der Waals surface area contributed by atoms with Gasteiger partial charge in [0.15, 0.2) is 6.61 Å². The third-order valence-electron chi connectivity index (χ3n) is 4.49. The van der Waals surface area contributed by atoms with Gasteiger partial charge in [-0.3, -0.25) is 9.52 Å². The van der Waals surface area contributed by atoms with Gasteiger partial charge in [0.2, 0.25) is 0 Å². The number of nitrogens with one attached hydrogen (secondary N) is 2.